The number of hydrogen-bond acceptors (Lipinski definition) is 1. The van der Waals surface area contributed by atoms with E-state index in [-0.39, 0.29) is 0 Å². The lowest BCUT2D eigenvalue weighted by Gasteiger charge is -2.58. The summed E-state index contributed by atoms with van der Waals surface area (Å²) in [5.74, 6) is 5.77. The monoisotopic (exact) mass is 416 g/mol. The van der Waals surface area contributed by atoms with E-state index in [4.69, 9.17) is 0 Å². The molecule has 0 radical (unpaired) electrons. The number of allylic oxidation sites excluding steroid dienone is 2. The molecule has 0 saturated heterocycles. The first-order valence-corrected chi connectivity index (χ1v) is 14.3. The maximum Gasteiger partial charge on any atom is 0.00819 e. The van der Waals surface area contributed by atoms with Gasteiger partial charge in [-0.25, -0.2) is 0 Å². The average Bonchev–Trinajstić information content (AvgIpc) is 3.04. The lowest BCUT2D eigenvalue weighted by atomic mass is 9.47. The van der Waals surface area contributed by atoms with Crippen molar-refractivity contribution in [2.45, 2.75) is 110 Å². The van der Waals surface area contributed by atoms with Crippen LogP contribution in [0.5, 0.6) is 0 Å². The van der Waals surface area contributed by atoms with Gasteiger partial charge in [-0.3, -0.25) is 0 Å². The van der Waals surface area contributed by atoms with Crippen LogP contribution in [0.3, 0.4) is 0 Å². The van der Waals surface area contributed by atoms with Gasteiger partial charge in [-0.15, -0.1) is 0 Å². The molecule has 29 heavy (non-hydrogen) atoms. The minimum atomic E-state index is 0.539. The van der Waals surface area contributed by atoms with E-state index in [2.05, 4.69) is 58.7 Å². The molecule has 8 atom stereocenters. The summed E-state index contributed by atoms with van der Waals surface area (Å²) in [7, 11) is 0. The summed E-state index contributed by atoms with van der Waals surface area (Å²) in [5.41, 5.74) is 3.04. The Morgan fingerprint density at radius 3 is 2.52 bits per heavy atom. The molecule has 0 N–H and O–H groups in total. The van der Waals surface area contributed by atoms with Gasteiger partial charge in [0, 0.05) is 5.25 Å². The van der Waals surface area contributed by atoms with Gasteiger partial charge in [-0.2, -0.15) is 11.8 Å². The van der Waals surface area contributed by atoms with Crippen molar-refractivity contribution < 1.29 is 0 Å². The molecular formula is C28H48S. The number of rotatable bonds is 6. The highest BCUT2D eigenvalue weighted by Crippen LogP contribution is 2.67. The molecule has 0 bridgehead atoms. The Morgan fingerprint density at radius 2 is 1.79 bits per heavy atom. The zero-order chi connectivity index (χ0) is 20.8. The van der Waals surface area contributed by atoms with Gasteiger partial charge >= 0.3 is 0 Å². The largest absolute Gasteiger partial charge is 0.162 e. The molecule has 166 valence electrons. The summed E-state index contributed by atoms with van der Waals surface area (Å²) >= 11 is 2.12. The molecule has 3 saturated carbocycles. The van der Waals surface area contributed by atoms with Crippen molar-refractivity contribution >= 4 is 11.8 Å². The fourth-order valence-electron chi connectivity index (χ4n) is 8.85. The summed E-state index contributed by atoms with van der Waals surface area (Å²) in [6.45, 7) is 12.8. The first kappa shape index (κ1) is 22.3. The number of fused-ring (bicyclic) bond motifs is 5. The molecular weight excluding hydrogens is 368 g/mol. The van der Waals surface area contributed by atoms with Crippen molar-refractivity contribution in [1.82, 2.24) is 0 Å². The normalized spacial score (nSPS) is 45.3. The van der Waals surface area contributed by atoms with Crippen LogP contribution in [0.4, 0.5) is 0 Å². The van der Waals surface area contributed by atoms with Crippen molar-refractivity contribution in [2.24, 2.45) is 46.3 Å². The maximum atomic E-state index is 2.76. The Bertz CT molecular complexity index is 605. The van der Waals surface area contributed by atoms with Gasteiger partial charge in [0.05, 0.1) is 0 Å². The molecule has 0 nitrogen and oxygen atoms in total. The van der Waals surface area contributed by atoms with E-state index < -0.39 is 0 Å². The molecule has 4 aliphatic carbocycles. The van der Waals surface area contributed by atoms with E-state index in [1.54, 1.807) is 0 Å². The van der Waals surface area contributed by atoms with Crippen LogP contribution >= 0.6 is 11.8 Å². The fraction of sp³-hybridized carbons (Fsp3) is 0.929. The SMILES string of the molecule is CS[C@H]1CC[C@@]2(C)C(=CC[C@@H]3[C@H]4CC[C@@H]([C@H](C)CCCC(C)C)[C@@]4(C)CC[C@H]32)C1. The molecule has 0 unspecified atom stereocenters. The molecule has 0 spiro atoms. The van der Waals surface area contributed by atoms with Crippen LogP contribution in [0.1, 0.15) is 105 Å². The Labute approximate surface area is 186 Å². The third-order valence-electron chi connectivity index (χ3n) is 10.6. The van der Waals surface area contributed by atoms with Crippen molar-refractivity contribution in [1.29, 1.82) is 0 Å². The molecule has 4 aliphatic rings. The molecule has 0 heterocycles. The van der Waals surface area contributed by atoms with Crippen LogP contribution in [-0.2, 0) is 0 Å². The van der Waals surface area contributed by atoms with Gasteiger partial charge in [0.1, 0.15) is 0 Å². The Balaban J connectivity index is 1.48. The second kappa shape index (κ2) is 8.55. The lowest BCUT2D eigenvalue weighted by molar-refractivity contribution is -0.0497. The van der Waals surface area contributed by atoms with E-state index in [0.29, 0.717) is 10.8 Å². The molecule has 1 heteroatoms. The molecule has 0 amide bonds. The Kier molecular flexibility index (Phi) is 6.57. The fourth-order valence-corrected chi connectivity index (χ4v) is 9.55. The lowest BCUT2D eigenvalue weighted by Crippen LogP contribution is -2.50. The smallest absolute Gasteiger partial charge is 0.00819 e. The van der Waals surface area contributed by atoms with Gasteiger partial charge in [0.2, 0.25) is 0 Å². The van der Waals surface area contributed by atoms with E-state index >= 15 is 0 Å². The highest BCUT2D eigenvalue weighted by atomic mass is 32.2. The zero-order valence-corrected chi connectivity index (χ0v) is 21.1. The number of hydrogen-bond donors (Lipinski definition) is 0. The second-order valence-electron chi connectivity index (χ2n) is 12.4. The van der Waals surface area contributed by atoms with E-state index in [0.717, 1.165) is 40.8 Å². The second-order valence-corrected chi connectivity index (χ2v) is 13.5. The minimum Gasteiger partial charge on any atom is -0.162 e. The summed E-state index contributed by atoms with van der Waals surface area (Å²) in [4.78, 5) is 0. The predicted molar refractivity (Wildman–Crippen MR) is 130 cm³/mol. The van der Waals surface area contributed by atoms with Crippen LogP contribution in [0.15, 0.2) is 11.6 Å². The van der Waals surface area contributed by atoms with Crippen LogP contribution in [0.2, 0.25) is 0 Å². The maximum absolute atomic E-state index is 2.76. The first-order chi connectivity index (χ1) is 13.8. The van der Waals surface area contributed by atoms with E-state index in [1.807, 2.05) is 5.57 Å². The van der Waals surface area contributed by atoms with E-state index in [1.165, 1.54) is 70.6 Å². The van der Waals surface area contributed by atoms with Crippen LogP contribution < -0.4 is 0 Å². The molecule has 3 fully saturated rings. The molecule has 0 aliphatic heterocycles. The van der Waals surface area contributed by atoms with Gasteiger partial charge < -0.3 is 0 Å². The van der Waals surface area contributed by atoms with Crippen LogP contribution in [0.25, 0.3) is 0 Å². The van der Waals surface area contributed by atoms with Gasteiger partial charge in [0.15, 0.2) is 0 Å². The van der Waals surface area contributed by atoms with Gasteiger partial charge in [0.25, 0.3) is 0 Å². The van der Waals surface area contributed by atoms with Crippen molar-refractivity contribution in [2.75, 3.05) is 6.26 Å². The summed E-state index contributed by atoms with van der Waals surface area (Å²) in [6, 6.07) is 0. The standard InChI is InChI=1S/C28H48S/c1-19(2)8-7-9-20(3)24-12-13-25-23-11-10-21-18-22(29-6)14-16-27(21,4)26(23)15-17-28(24,25)5/h10,19-20,22-26H,7-9,11-18H2,1-6H3/t20-,22+,23-,24+,25-,26-,27+,28-/m1/s1. The van der Waals surface area contributed by atoms with Crippen molar-refractivity contribution in [3.8, 4) is 0 Å². The minimum absolute atomic E-state index is 0.539. The topological polar surface area (TPSA) is 0 Å². The summed E-state index contributed by atoms with van der Waals surface area (Å²) in [5, 5.41) is 0.891. The Hall–Kier alpha value is 0.0900. The van der Waals surface area contributed by atoms with E-state index in [9.17, 15) is 0 Å². The highest BCUT2D eigenvalue weighted by Gasteiger charge is 2.59. The molecule has 0 aromatic heterocycles. The van der Waals surface area contributed by atoms with Crippen molar-refractivity contribution in [3.63, 3.8) is 0 Å². The van der Waals surface area contributed by atoms with Gasteiger partial charge in [-0.1, -0.05) is 65.5 Å². The predicted octanol–water partition coefficient (Wildman–Crippen LogP) is 8.76. The van der Waals surface area contributed by atoms with Gasteiger partial charge in [-0.05, 0) is 104 Å². The van der Waals surface area contributed by atoms with Crippen molar-refractivity contribution in [3.05, 3.63) is 11.6 Å². The third kappa shape index (κ3) is 3.89. The zero-order valence-electron chi connectivity index (χ0n) is 20.3. The molecule has 4 rings (SSSR count). The first-order valence-electron chi connectivity index (χ1n) is 13.0. The molecule has 0 aromatic carbocycles. The highest BCUT2D eigenvalue weighted by molar-refractivity contribution is 7.99. The average molecular weight is 417 g/mol. The quantitative estimate of drug-likeness (QED) is 0.390. The summed E-state index contributed by atoms with van der Waals surface area (Å²) in [6.07, 6.45) is 21.2. The number of thioether (sulfide) groups is 1. The third-order valence-corrected chi connectivity index (χ3v) is 11.7. The van der Waals surface area contributed by atoms with Crippen LogP contribution in [-0.4, -0.2) is 11.5 Å². The summed E-state index contributed by atoms with van der Waals surface area (Å²) < 4.78 is 0. The molecule has 0 aromatic rings. The van der Waals surface area contributed by atoms with Crippen LogP contribution in [0, 0.1) is 46.3 Å². The Morgan fingerprint density at radius 1 is 1.00 bits per heavy atom.